The van der Waals surface area contributed by atoms with Crippen LogP contribution in [0.3, 0.4) is 0 Å². The van der Waals surface area contributed by atoms with E-state index in [-0.39, 0.29) is 11.3 Å². The Labute approximate surface area is 145 Å². The van der Waals surface area contributed by atoms with Gasteiger partial charge < -0.3 is 25.3 Å². The van der Waals surface area contributed by atoms with Crippen molar-refractivity contribution in [3.8, 4) is 0 Å². The molecule has 0 saturated heterocycles. The Morgan fingerprint density at radius 2 is 1.73 bits per heavy atom. The zero-order chi connectivity index (χ0) is 19.9. The normalized spacial score (nSPS) is 12.0. The number of anilines is 1. The number of halogens is 3. The van der Waals surface area contributed by atoms with E-state index in [4.69, 9.17) is 0 Å². The summed E-state index contributed by atoms with van der Waals surface area (Å²) in [6.45, 7) is 0. The summed E-state index contributed by atoms with van der Waals surface area (Å²) in [5, 5.41) is 14.1. The van der Waals surface area contributed by atoms with Gasteiger partial charge in [0.05, 0.1) is 12.7 Å². The van der Waals surface area contributed by atoms with Crippen LogP contribution in [-0.4, -0.2) is 43.1 Å². The molecule has 0 aliphatic heterocycles. The summed E-state index contributed by atoms with van der Waals surface area (Å²) < 4.78 is 41.5. The number of rotatable bonds is 7. The number of hydrogen-bond donors (Lipinski definition) is 2. The maximum atomic E-state index is 12.3. The van der Waals surface area contributed by atoms with Crippen LogP contribution in [0.1, 0.15) is 23.2 Å². The number of carbonyl (C=O) groups excluding carboxylic acids is 4. The number of amides is 2. The lowest BCUT2D eigenvalue weighted by molar-refractivity contribution is -0.305. The molecule has 11 heteroatoms. The smallest absolute Gasteiger partial charge is 0.471 e. The number of carboxylic acid groups (broad SMARTS) is 1. The minimum absolute atomic E-state index is 0.113. The number of alkyl halides is 3. The van der Waals surface area contributed by atoms with Gasteiger partial charge in [0, 0.05) is 11.7 Å². The van der Waals surface area contributed by atoms with Crippen molar-refractivity contribution in [3.63, 3.8) is 0 Å². The van der Waals surface area contributed by atoms with Gasteiger partial charge in [0.2, 0.25) is 5.91 Å². The molecule has 0 unspecified atom stereocenters. The average Bonchev–Trinajstić information content (AvgIpc) is 2.57. The molecule has 0 heterocycles. The van der Waals surface area contributed by atoms with Crippen molar-refractivity contribution in [2.24, 2.45) is 0 Å². The molecule has 2 N–H and O–H groups in total. The molecule has 0 radical (unpaired) electrons. The molecule has 0 bridgehead atoms. The molecule has 8 nitrogen and oxygen atoms in total. The highest BCUT2D eigenvalue weighted by atomic mass is 19.4. The Bertz CT molecular complexity index is 688. The van der Waals surface area contributed by atoms with Gasteiger partial charge in [-0.2, -0.15) is 13.2 Å². The predicted molar refractivity (Wildman–Crippen MR) is 78.6 cm³/mol. The van der Waals surface area contributed by atoms with Gasteiger partial charge in [0.1, 0.15) is 6.04 Å². The summed E-state index contributed by atoms with van der Waals surface area (Å²) in [6.07, 6.45) is -6.57. The van der Waals surface area contributed by atoms with Crippen LogP contribution < -0.4 is 15.7 Å². The van der Waals surface area contributed by atoms with E-state index < -0.39 is 48.8 Å². The minimum Gasteiger partial charge on any atom is -0.550 e. The number of esters is 1. The lowest BCUT2D eigenvalue weighted by Crippen LogP contribution is -2.49. The molecule has 0 aromatic heterocycles. The lowest BCUT2D eigenvalue weighted by Gasteiger charge is -2.19. The van der Waals surface area contributed by atoms with Crippen LogP contribution in [0.4, 0.5) is 18.9 Å². The third kappa shape index (κ3) is 6.42. The largest absolute Gasteiger partial charge is 0.550 e. The predicted octanol–water partition coefficient (Wildman–Crippen LogP) is -0.0111. The van der Waals surface area contributed by atoms with E-state index in [9.17, 15) is 37.5 Å². The van der Waals surface area contributed by atoms with Crippen molar-refractivity contribution >= 4 is 29.4 Å². The molecule has 142 valence electrons. The second-order valence-corrected chi connectivity index (χ2v) is 4.99. The van der Waals surface area contributed by atoms with Gasteiger partial charge in [0.15, 0.2) is 0 Å². The van der Waals surface area contributed by atoms with Crippen molar-refractivity contribution in [2.45, 2.75) is 25.1 Å². The van der Waals surface area contributed by atoms with Crippen molar-refractivity contribution in [3.05, 3.63) is 29.8 Å². The van der Waals surface area contributed by atoms with Gasteiger partial charge in [-0.25, -0.2) is 4.79 Å². The van der Waals surface area contributed by atoms with Crippen molar-refractivity contribution in [2.75, 3.05) is 12.4 Å². The maximum Gasteiger partial charge on any atom is 0.471 e. The number of nitrogens with one attached hydrogen (secondary N) is 2. The summed E-state index contributed by atoms with van der Waals surface area (Å²) in [6, 6.07) is 3.41. The number of benzene rings is 1. The van der Waals surface area contributed by atoms with Gasteiger partial charge in [-0.1, -0.05) is 0 Å². The summed E-state index contributed by atoms with van der Waals surface area (Å²) in [5.74, 6) is -5.66. The molecule has 2 amide bonds. The number of hydrogen-bond acceptors (Lipinski definition) is 6. The zero-order valence-electron chi connectivity index (χ0n) is 13.4. The highest BCUT2D eigenvalue weighted by Crippen LogP contribution is 2.16. The quantitative estimate of drug-likeness (QED) is 0.646. The fourth-order valence-electron chi connectivity index (χ4n) is 1.81. The lowest BCUT2D eigenvalue weighted by atomic mass is 10.1. The molecule has 0 spiro atoms. The second-order valence-electron chi connectivity index (χ2n) is 4.99. The minimum atomic E-state index is -5.23. The monoisotopic (exact) mass is 375 g/mol. The molecule has 0 aliphatic carbocycles. The van der Waals surface area contributed by atoms with Crippen LogP contribution in [0.15, 0.2) is 24.3 Å². The van der Waals surface area contributed by atoms with Crippen molar-refractivity contribution in [1.29, 1.82) is 0 Å². The van der Waals surface area contributed by atoms with Crippen molar-refractivity contribution < 1.29 is 42.2 Å². The second kappa shape index (κ2) is 8.83. The number of carboxylic acids is 1. The molecule has 1 atom stereocenters. The SMILES string of the molecule is COC(=O)c1ccc(NC(=O)[C@@H](CCC(=O)[O-])NC(=O)C(F)(F)F)cc1. The van der Waals surface area contributed by atoms with Gasteiger partial charge in [-0.05, 0) is 37.1 Å². The van der Waals surface area contributed by atoms with Crippen LogP contribution in [-0.2, 0) is 19.1 Å². The van der Waals surface area contributed by atoms with Gasteiger partial charge in [-0.15, -0.1) is 0 Å². The van der Waals surface area contributed by atoms with E-state index in [1.807, 2.05) is 0 Å². The Kier molecular flexibility index (Phi) is 7.11. The number of methoxy groups -OCH3 is 1. The van der Waals surface area contributed by atoms with Crippen molar-refractivity contribution in [1.82, 2.24) is 5.32 Å². The fraction of sp³-hybridized carbons (Fsp3) is 0.333. The van der Waals surface area contributed by atoms with Crippen LogP contribution in [0.5, 0.6) is 0 Å². The first-order chi connectivity index (χ1) is 12.0. The Hall–Kier alpha value is -3.11. The van der Waals surface area contributed by atoms with E-state index in [0.29, 0.717) is 0 Å². The Morgan fingerprint density at radius 1 is 1.15 bits per heavy atom. The highest BCUT2D eigenvalue weighted by Gasteiger charge is 2.40. The van der Waals surface area contributed by atoms with E-state index in [2.05, 4.69) is 10.1 Å². The summed E-state index contributed by atoms with van der Waals surface area (Å²) in [5.41, 5.74) is 0.284. The summed E-state index contributed by atoms with van der Waals surface area (Å²) >= 11 is 0. The third-order valence-electron chi connectivity index (χ3n) is 3.09. The maximum absolute atomic E-state index is 12.3. The molecular formula is C15H14F3N2O6-. The molecule has 0 aliphatic rings. The molecule has 1 aromatic rings. The Morgan fingerprint density at radius 3 is 2.19 bits per heavy atom. The molecule has 1 rings (SSSR count). The van der Waals surface area contributed by atoms with Crippen LogP contribution >= 0.6 is 0 Å². The fourth-order valence-corrected chi connectivity index (χ4v) is 1.81. The van der Waals surface area contributed by atoms with Gasteiger partial charge >= 0.3 is 18.1 Å². The highest BCUT2D eigenvalue weighted by molar-refractivity contribution is 5.98. The van der Waals surface area contributed by atoms with Crippen LogP contribution in [0.25, 0.3) is 0 Å². The Balaban J connectivity index is 2.85. The molecule has 0 saturated carbocycles. The molecule has 26 heavy (non-hydrogen) atoms. The summed E-state index contributed by atoms with van der Waals surface area (Å²) in [4.78, 5) is 44.8. The van der Waals surface area contributed by atoms with Crippen LogP contribution in [0, 0.1) is 0 Å². The first kappa shape index (κ1) is 20.9. The summed E-state index contributed by atoms with van der Waals surface area (Å²) in [7, 11) is 1.17. The first-order valence-electron chi connectivity index (χ1n) is 7.11. The average molecular weight is 375 g/mol. The molecule has 0 fully saturated rings. The topological polar surface area (TPSA) is 125 Å². The van der Waals surface area contributed by atoms with E-state index in [1.54, 1.807) is 0 Å². The number of aliphatic carboxylic acids is 1. The zero-order valence-corrected chi connectivity index (χ0v) is 13.4. The molecular weight excluding hydrogens is 361 g/mol. The van der Waals surface area contributed by atoms with Gasteiger partial charge in [0.25, 0.3) is 0 Å². The van der Waals surface area contributed by atoms with E-state index >= 15 is 0 Å². The first-order valence-corrected chi connectivity index (χ1v) is 7.11. The number of carbonyl (C=O) groups is 4. The number of ether oxygens (including phenoxy) is 1. The standard InChI is InChI=1S/C15H15F3N2O6/c1-26-13(24)8-2-4-9(5-3-8)19-12(23)10(6-7-11(21)22)20-14(25)15(16,17)18/h2-5,10H,6-7H2,1H3,(H,19,23)(H,20,25)(H,21,22)/p-1/t10-/m1/s1. The molecule has 1 aromatic carbocycles. The third-order valence-corrected chi connectivity index (χ3v) is 3.09. The van der Waals surface area contributed by atoms with Gasteiger partial charge in [-0.3, -0.25) is 9.59 Å². The van der Waals surface area contributed by atoms with E-state index in [1.165, 1.54) is 36.7 Å². The van der Waals surface area contributed by atoms with Crippen LogP contribution in [0.2, 0.25) is 0 Å². The van der Waals surface area contributed by atoms with E-state index in [0.717, 1.165) is 0 Å².